The quantitative estimate of drug-likeness (QED) is 0.754. The van der Waals surface area contributed by atoms with Crippen molar-refractivity contribution in [2.24, 2.45) is 0 Å². The lowest BCUT2D eigenvalue weighted by Gasteiger charge is -2.23. The van der Waals surface area contributed by atoms with Crippen molar-refractivity contribution >= 4 is 39.1 Å². The molecular weight excluding hydrogens is 346 g/mol. The van der Waals surface area contributed by atoms with Crippen LogP contribution in [0.2, 0.25) is 0 Å². The lowest BCUT2D eigenvalue weighted by Crippen LogP contribution is -2.35. The van der Waals surface area contributed by atoms with Crippen LogP contribution in [0.1, 0.15) is 21.8 Å². The molecule has 0 unspecified atom stereocenters. The molecule has 1 amide bonds. The van der Waals surface area contributed by atoms with Gasteiger partial charge in [-0.25, -0.2) is 4.98 Å². The van der Waals surface area contributed by atoms with E-state index >= 15 is 0 Å². The summed E-state index contributed by atoms with van der Waals surface area (Å²) in [7, 11) is 0. The third-order valence-corrected chi connectivity index (χ3v) is 5.71. The topological polar surface area (TPSA) is 75.3 Å². The predicted octanol–water partition coefficient (Wildman–Crippen LogP) is 2.93. The van der Waals surface area contributed by atoms with E-state index < -0.39 is 0 Å². The molecule has 4 rings (SSSR count). The zero-order chi connectivity index (χ0) is 18.1. The highest BCUT2D eigenvalue weighted by atomic mass is 32.1. The highest BCUT2D eigenvalue weighted by Crippen LogP contribution is 2.27. The molecule has 0 bridgehead atoms. The molecule has 2 aromatic heterocycles. The molecule has 1 saturated heterocycles. The minimum Gasteiger partial charge on any atom is -0.368 e. The number of hydrogen-bond donors (Lipinski definition) is 1. The Bertz CT molecular complexity index is 901. The van der Waals surface area contributed by atoms with E-state index in [1.54, 1.807) is 11.3 Å². The van der Waals surface area contributed by atoms with E-state index in [1.165, 1.54) is 0 Å². The van der Waals surface area contributed by atoms with Crippen LogP contribution in [-0.2, 0) is 0 Å². The number of carbonyl (C=O) groups excluding carboxylic acids is 1. The Labute approximate surface area is 156 Å². The van der Waals surface area contributed by atoms with Gasteiger partial charge in [0, 0.05) is 42.6 Å². The maximum absolute atomic E-state index is 12.9. The van der Waals surface area contributed by atoms with Crippen LogP contribution in [0.3, 0.4) is 0 Å². The standard InChI is InChI=1S/C19H21N5OS/c1-13-11-17(22-19(20)21-13)23-7-4-8-24(10-9-23)18(25)16-12-14-5-2-3-6-15(14)26-16/h2-3,5-6,11-12H,4,7-10H2,1H3,(H2,20,21,22). The largest absolute Gasteiger partial charge is 0.368 e. The average molecular weight is 367 g/mol. The van der Waals surface area contributed by atoms with Crippen LogP contribution in [0.15, 0.2) is 36.4 Å². The number of nitrogen functional groups attached to an aromatic ring is 1. The highest BCUT2D eigenvalue weighted by molar-refractivity contribution is 7.20. The van der Waals surface area contributed by atoms with E-state index in [9.17, 15) is 4.79 Å². The van der Waals surface area contributed by atoms with Crippen molar-refractivity contribution in [2.45, 2.75) is 13.3 Å². The number of rotatable bonds is 2. The Morgan fingerprint density at radius 3 is 2.77 bits per heavy atom. The molecule has 134 valence electrons. The number of thiophene rings is 1. The average Bonchev–Trinajstić information content (AvgIpc) is 2.89. The summed E-state index contributed by atoms with van der Waals surface area (Å²) < 4.78 is 1.15. The van der Waals surface area contributed by atoms with Gasteiger partial charge in [0.25, 0.3) is 5.91 Å². The van der Waals surface area contributed by atoms with Gasteiger partial charge in [-0.2, -0.15) is 4.98 Å². The molecule has 0 radical (unpaired) electrons. The molecule has 7 heteroatoms. The van der Waals surface area contributed by atoms with Crippen molar-refractivity contribution in [3.8, 4) is 0 Å². The normalized spacial score (nSPS) is 15.3. The van der Waals surface area contributed by atoms with Gasteiger partial charge in [-0.05, 0) is 30.9 Å². The second-order valence-corrected chi connectivity index (χ2v) is 7.59. The molecule has 3 heterocycles. The maximum Gasteiger partial charge on any atom is 0.264 e. The van der Waals surface area contributed by atoms with Crippen LogP contribution in [0.4, 0.5) is 11.8 Å². The number of anilines is 2. The first-order chi connectivity index (χ1) is 12.6. The molecule has 2 N–H and O–H groups in total. The van der Waals surface area contributed by atoms with Gasteiger partial charge in [0.15, 0.2) is 0 Å². The SMILES string of the molecule is Cc1cc(N2CCCN(C(=O)c3cc4ccccc4s3)CC2)nc(N)n1. The summed E-state index contributed by atoms with van der Waals surface area (Å²) in [5, 5.41) is 1.13. The second-order valence-electron chi connectivity index (χ2n) is 6.51. The van der Waals surface area contributed by atoms with Gasteiger partial charge in [-0.1, -0.05) is 18.2 Å². The smallest absolute Gasteiger partial charge is 0.264 e. The first kappa shape index (κ1) is 16.8. The molecule has 0 saturated carbocycles. The first-order valence-corrected chi connectivity index (χ1v) is 9.56. The van der Waals surface area contributed by atoms with E-state index in [0.717, 1.165) is 52.5 Å². The fourth-order valence-corrected chi connectivity index (χ4v) is 4.36. The number of fused-ring (bicyclic) bond motifs is 1. The molecule has 1 aliphatic rings. The van der Waals surface area contributed by atoms with Gasteiger partial charge in [0.2, 0.25) is 5.95 Å². The molecule has 26 heavy (non-hydrogen) atoms. The first-order valence-electron chi connectivity index (χ1n) is 8.74. The van der Waals surface area contributed by atoms with Crippen molar-refractivity contribution in [3.63, 3.8) is 0 Å². The minimum absolute atomic E-state index is 0.117. The van der Waals surface area contributed by atoms with Crippen LogP contribution >= 0.6 is 11.3 Å². The Hall–Kier alpha value is -2.67. The monoisotopic (exact) mass is 367 g/mol. The maximum atomic E-state index is 12.9. The Kier molecular flexibility index (Phi) is 4.46. The zero-order valence-corrected chi connectivity index (χ0v) is 15.5. The second kappa shape index (κ2) is 6.92. The lowest BCUT2D eigenvalue weighted by atomic mass is 10.2. The molecular formula is C19H21N5OS. The summed E-state index contributed by atoms with van der Waals surface area (Å²) in [6.07, 6.45) is 0.902. The van der Waals surface area contributed by atoms with Gasteiger partial charge < -0.3 is 15.5 Å². The lowest BCUT2D eigenvalue weighted by molar-refractivity contribution is 0.0772. The third kappa shape index (κ3) is 3.35. The van der Waals surface area contributed by atoms with Crippen LogP contribution in [0, 0.1) is 6.92 Å². The Balaban J connectivity index is 1.50. The van der Waals surface area contributed by atoms with Gasteiger partial charge in [0.05, 0.1) is 4.88 Å². The van der Waals surface area contributed by atoms with Crippen molar-refractivity contribution in [2.75, 3.05) is 36.8 Å². The molecule has 6 nitrogen and oxygen atoms in total. The van der Waals surface area contributed by atoms with Crippen LogP contribution < -0.4 is 10.6 Å². The number of benzene rings is 1. The summed E-state index contributed by atoms with van der Waals surface area (Å²) in [5.41, 5.74) is 6.64. The molecule has 1 aliphatic heterocycles. The van der Waals surface area contributed by atoms with Gasteiger partial charge in [-0.15, -0.1) is 11.3 Å². The summed E-state index contributed by atoms with van der Waals surface area (Å²) in [5.74, 6) is 1.25. The number of nitrogens with zero attached hydrogens (tertiary/aromatic N) is 4. The molecule has 3 aromatic rings. The van der Waals surface area contributed by atoms with Crippen LogP contribution in [0.5, 0.6) is 0 Å². The number of aromatic nitrogens is 2. The van der Waals surface area contributed by atoms with E-state index in [4.69, 9.17) is 5.73 Å². The minimum atomic E-state index is 0.117. The van der Waals surface area contributed by atoms with Crippen LogP contribution in [-0.4, -0.2) is 47.0 Å². The Morgan fingerprint density at radius 2 is 1.96 bits per heavy atom. The number of amides is 1. The number of carbonyl (C=O) groups is 1. The molecule has 1 fully saturated rings. The molecule has 0 aliphatic carbocycles. The molecule has 1 aromatic carbocycles. The van der Waals surface area contributed by atoms with Gasteiger partial charge >= 0.3 is 0 Å². The fraction of sp³-hybridized carbons (Fsp3) is 0.316. The Morgan fingerprint density at radius 1 is 1.12 bits per heavy atom. The van der Waals surface area contributed by atoms with Crippen LogP contribution in [0.25, 0.3) is 10.1 Å². The molecule has 0 atom stereocenters. The van der Waals surface area contributed by atoms with Crippen molar-refractivity contribution in [3.05, 3.63) is 47.0 Å². The van der Waals surface area contributed by atoms with Crippen molar-refractivity contribution in [1.29, 1.82) is 0 Å². The van der Waals surface area contributed by atoms with E-state index in [-0.39, 0.29) is 5.91 Å². The third-order valence-electron chi connectivity index (χ3n) is 4.60. The number of hydrogen-bond acceptors (Lipinski definition) is 6. The highest BCUT2D eigenvalue weighted by Gasteiger charge is 2.22. The summed E-state index contributed by atoms with van der Waals surface area (Å²) in [6, 6.07) is 12.1. The number of nitrogens with two attached hydrogens (primary N) is 1. The summed E-state index contributed by atoms with van der Waals surface area (Å²) >= 11 is 1.56. The molecule has 0 spiro atoms. The fourth-order valence-electron chi connectivity index (χ4n) is 3.33. The van der Waals surface area contributed by atoms with E-state index in [1.807, 2.05) is 36.1 Å². The summed E-state index contributed by atoms with van der Waals surface area (Å²) in [6.45, 7) is 4.94. The predicted molar refractivity (Wildman–Crippen MR) is 106 cm³/mol. The zero-order valence-electron chi connectivity index (χ0n) is 14.7. The summed E-state index contributed by atoms with van der Waals surface area (Å²) in [4.78, 5) is 26.4. The van der Waals surface area contributed by atoms with E-state index in [2.05, 4.69) is 27.0 Å². The van der Waals surface area contributed by atoms with Gasteiger partial charge in [0.1, 0.15) is 5.82 Å². The van der Waals surface area contributed by atoms with Crippen molar-refractivity contribution in [1.82, 2.24) is 14.9 Å². The van der Waals surface area contributed by atoms with Crippen molar-refractivity contribution < 1.29 is 4.79 Å². The van der Waals surface area contributed by atoms with E-state index in [0.29, 0.717) is 12.5 Å². The van der Waals surface area contributed by atoms with Gasteiger partial charge in [-0.3, -0.25) is 4.79 Å². The number of aryl methyl sites for hydroxylation is 1.